The largest absolute Gasteiger partial charge is 0.505 e. The van der Waals surface area contributed by atoms with Gasteiger partial charge in [0, 0.05) is 16.7 Å². The summed E-state index contributed by atoms with van der Waals surface area (Å²) in [5.41, 5.74) is 2.54. The second-order valence-electron chi connectivity index (χ2n) is 5.41. The normalized spacial score (nSPS) is 11.0. The fourth-order valence-electron chi connectivity index (χ4n) is 2.16. The fraction of sp³-hybridized carbons (Fsp3) is 0.105. The van der Waals surface area contributed by atoms with Crippen LogP contribution >= 0.6 is 0 Å². The van der Waals surface area contributed by atoms with Crippen molar-refractivity contribution in [2.75, 3.05) is 0 Å². The van der Waals surface area contributed by atoms with E-state index < -0.39 is 5.97 Å². The molecule has 3 aromatic rings. The second-order valence-corrected chi connectivity index (χ2v) is 5.41. The number of nitrogens with zero attached hydrogens (tertiary/aromatic N) is 3. The number of hydrogen-bond acceptors (Lipinski definition) is 5. The molecule has 0 atom stereocenters. The van der Waals surface area contributed by atoms with Crippen molar-refractivity contribution in [3.05, 3.63) is 59.7 Å². The van der Waals surface area contributed by atoms with Crippen molar-refractivity contribution in [2.45, 2.75) is 13.5 Å². The van der Waals surface area contributed by atoms with Gasteiger partial charge in [-0.1, -0.05) is 24.6 Å². The molecule has 0 bridgehead atoms. The Morgan fingerprint density at radius 2 is 2.16 bits per heavy atom. The molecule has 1 N–H and O–H groups in total. The summed E-state index contributed by atoms with van der Waals surface area (Å²) in [6, 6.07) is 8.11. The summed E-state index contributed by atoms with van der Waals surface area (Å²) in [5.74, 6) is 1.77. The maximum Gasteiger partial charge on any atom is 0.333 e. The summed E-state index contributed by atoms with van der Waals surface area (Å²) in [7, 11) is 0. The standard InChI is InChI=1S/C19H15N3O3/c1-4-13-8-9-15-16(10-13)21-22(20-15)17-7-5-6-14(18(17)23)11-25-19(24)12(2)3/h1,5-10,23H,2,11H2,3H3/i5D. The third-order valence-electron chi connectivity index (χ3n) is 3.49. The third kappa shape index (κ3) is 3.21. The SMILES string of the molecule is [2H]c1cc(COC(=O)C(=C)C)c(O)c(-n2nc3ccc(C#C)cc3n2)c1. The molecule has 0 aliphatic carbocycles. The number of carbonyl (C=O) groups is 1. The van der Waals surface area contributed by atoms with Crippen LogP contribution in [0.1, 0.15) is 19.4 Å². The van der Waals surface area contributed by atoms with E-state index in [9.17, 15) is 9.90 Å². The van der Waals surface area contributed by atoms with Crippen molar-refractivity contribution < 1.29 is 16.0 Å². The van der Waals surface area contributed by atoms with Crippen molar-refractivity contribution in [1.29, 1.82) is 0 Å². The molecule has 0 aliphatic heterocycles. The van der Waals surface area contributed by atoms with E-state index in [4.69, 9.17) is 12.5 Å². The van der Waals surface area contributed by atoms with Gasteiger partial charge in [-0.3, -0.25) is 0 Å². The summed E-state index contributed by atoms with van der Waals surface area (Å²) in [6.45, 7) is 4.83. The number of benzene rings is 2. The van der Waals surface area contributed by atoms with Gasteiger partial charge in [-0.15, -0.1) is 21.4 Å². The zero-order valence-electron chi connectivity index (χ0n) is 14.5. The second kappa shape index (κ2) is 6.49. The predicted molar refractivity (Wildman–Crippen MR) is 93.1 cm³/mol. The monoisotopic (exact) mass is 334 g/mol. The smallest absolute Gasteiger partial charge is 0.333 e. The quantitative estimate of drug-likeness (QED) is 0.451. The van der Waals surface area contributed by atoms with Gasteiger partial charge in [-0.05, 0) is 31.2 Å². The van der Waals surface area contributed by atoms with E-state index >= 15 is 0 Å². The van der Waals surface area contributed by atoms with Gasteiger partial charge < -0.3 is 9.84 Å². The minimum absolute atomic E-state index is 0.116. The topological polar surface area (TPSA) is 77.2 Å². The van der Waals surface area contributed by atoms with Crippen LogP contribution in [0.2, 0.25) is 0 Å². The van der Waals surface area contributed by atoms with Gasteiger partial charge in [0.25, 0.3) is 0 Å². The van der Waals surface area contributed by atoms with E-state index in [0.717, 1.165) is 0 Å². The molecule has 0 saturated carbocycles. The molecule has 0 unspecified atom stereocenters. The summed E-state index contributed by atoms with van der Waals surface area (Å²) in [5, 5.41) is 19.1. The fourth-order valence-corrected chi connectivity index (χ4v) is 2.16. The molecule has 0 aliphatic rings. The minimum atomic E-state index is -0.578. The Morgan fingerprint density at radius 1 is 1.40 bits per heavy atom. The molecule has 3 rings (SSSR count). The van der Waals surface area contributed by atoms with E-state index in [1.807, 2.05) is 0 Å². The number of terminal acetylenes is 1. The van der Waals surface area contributed by atoms with E-state index in [2.05, 4.69) is 22.7 Å². The van der Waals surface area contributed by atoms with Gasteiger partial charge in [0.15, 0.2) is 0 Å². The number of rotatable bonds is 4. The maximum absolute atomic E-state index is 11.5. The number of aromatic hydroxyl groups is 1. The van der Waals surface area contributed by atoms with Gasteiger partial charge in [-0.2, -0.15) is 0 Å². The van der Waals surface area contributed by atoms with Crippen LogP contribution in [0.3, 0.4) is 0 Å². The number of phenolic OH excluding ortho intramolecular Hbond substituents is 1. The first kappa shape index (κ1) is 15.0. The molecule has 6 heteroatoms. The van der Waals surface area contributed by atoms with Crippen LogP contribution < -0.4 is 0 Å². The lowest BCUT2D eigenvalue weighted by Crippen LogP contribution is -2.06. The number of phenols is 1. The van der Waals surface area contributed by atoms with Crippen LogP contribution in [-0.2, 0) is 16.1 Å². The molecule has 0 amide bonds. The average molecular weight is 334 g/mol. The molecule has 0 spiro atoms. The number of esters is 1. The van der Waals surface area contributed by atoms with Crippen LogP contribution in [0.4, 0.5) is 0 Å². The zero-order valence-corrected chi connectivity index (χ0v) is 13.5. The molecule has 25 heavy (non-hydrogen) atoms. The Hall–Kier alpha value is -3.59. The van der Waals surface area contributed by atoms with Crippen LogP contribution in [0.15, 0.2) is 48.5 Å². The molecule has 0 saturated heterocycles. The first-order chi connectivity index (χ1) is 12.4. The van der Waals surface area contributed by atoms with Crippen molar-refractivity contribution in [2.24, 2.45) is 0 Å². The predicted octanol–water partition coefficient (Wildman–Crippen LogP) is 2.73. The lowest BCUT2D eigenvalue weighted by atomic mass is 10.2. The minimum Gasteiger partial charge on any atom is -0.505 e. The Labute approximate surface area is 145 Å². The first-order valence-corrected chi connectivity index (χ1v) is 7.38. The molecule has 6 nitrogen and oxygen atoms in total. The summed E-state index contributed by atoms with van der Waals surface area (Å²) in [6.07, 6.45) is 5.38. The summed E-state index contributed by atoms with van der Waals surface area (Å²) < 4.78 is 13.0. The average Bonchev–Trinajstić information content (AvgIpc) is 3.04. The van der Waals surface area contributed by atoms with Gasteiger partial charge in [0.1, 0.15) is 29.1 Å². The van der Waals surface area contributed by atoms with Gasteiger partial charge in [0.05, 0.1) is 1.37 Å². The first-order valence-electron chi connectivity index (χ1n) is 7.88. The summed E-state index contributed by atoms with van der Waals surface area (Å²) in [4.78, 5) is 12.8. The Bertz CT molecular complexity index is 1080. The number of aromatic nitrogens is 3. The number of fused-ring (bicyclic) bond motifs is 1. The zero-order chi connectivity index (χ0) is 18.8. The van der Waals surface area contributed by atoms with Crippen LogP contribution in [-0.4, -0.2) is 26.1 Å². The molecule has 2 aromatic carbocycles. The lowest BCUT2D eigenvalue weighted by Gasteiger charge is -2.09. The third-order valence-corrected chi connectivity index (χ3v) is 3.49. The lowest BCUT2D eigenvalue weighted by molar-refractivity contribution is -0.140. The van der Waals surface area contributed by atoms with Crippen LogP contribution in [0.25, 0.3) is 16.7 Å². The highest BCUT2D eigenvalue weighted by atomic mass is 16.5. The highest BCUT2D eigenvalue weighted by Gasteiger charge is 2.14. The molecule has 124 valence electrons. The van der Waals surface area contributed by atoms with E-state index in [-0.39, 0.29) is 35.2 Å². The van der Waals surface area contributed by atoms with Crippen molar-refractivity contribution >= 4 is 17.0 Å². The Balaban J connectivity index is 2.01. The highest BCUT2D eigenvalue weighted by molar-refractivity contribution is 5.87. The van der Waals surface area contributed by atoms with Crippen LogP contribution in [0, 0.1) is 12.3 Å². The van der Waals surface area contributed by atoms with E-state index in [1.54, 1.807) is 18.2 Å². The maximum atomic E-state index is 11.5. The number of ether oxygens (including phenoxy) is 1. The van der Waals surface area contributed by atoms with E-state index in [1.165, 1.54) is 23.9 Å². The van der Waals surface area contributed by atoms with Crippen LogP contribution in [0.5, 0.6) is 5.75 Å². The molecular formula is C19H15N3O3. The number of hydrogen-bond donors (Lipinski definition) is 1. The summed E-state index contributed by atoms with van der Waals surface area (Å²) >= 11 is 0. The highest BCUT2D eigenvalue weighted by Crippen LogP contribution is 2.27. The van der Waals surface area contributed by atoms with E-state index in [0.29, 0.717) is 16.6 Å². The van der Waals surface area contributed by atoms with Gasteiger partial charge in [0.2, 0.25) is 0 Å². The van der Waals surface area contributed by atoms with Gasteiger partial charge in [-0.25, -0.2) is 4.79 Å². The molecule has 0 fully saturated rings. The van der Waals surface area contributed by atoms with Crippen molar-refractivity contribution in [3.63, 3.8) is 0 Å². The Morgan fingerprint density at radius 3 is 2.88 bits per heavy atom. The van der Waals surface area contributed by atoms with Crippen molar-refractivity contribution in [3.8, 4) is 23.8 Å². The molecule has 0 radical (unpaired) electrons. The number of carbonyl (C=O) groups excluding carboxylic acids is 1. The van der Waals surface area contributed by atoms with Crippen molar-refractivity contribution in [1.82, 2.24) is 15.0 Å². The van der Waals surface area contributed by atoms with Gasteiger partial charge >= 0.3 is 5.97 Å². The molecule has 1 aromatic heterocycles. The molecule has 1 heterocycles. The Kier molecular flexibility index (Phi) is 3.89. The number of para-hydroxylation sites is 1. The molecular weight excluding hydrogens is 318 g/mol.